The molecule has 3 aliphatic carbocycles. The van der Waals surface area contributed by atoms with Crippen LogP contribution in [-0.4, -0.2) is 6.04 Å². The summed E-state index contributed by atoms with van der Waals surface area (Å²) in [6, 6.07) is 6.93. The molecule has 0 radical (unpaired) electrons. The van der Waals surface area contributed by atoms with Crippen LogP contribution in [0.15, 0.2) is 18.2 Å². The molecule has 0 amide bonds. The van der Waals surface area contributed by atoms with Crippen molar-refractivity contribution < 1.29 is 0 Å². The van der Waals surface area contributed by atoms with Crippen LogP contribution in [0.5, 0.6) is 0 Å². The third-order valence-electron chi connectivity index (χ3n) is 5.96. The molecule has 0 aromatic heterocycles. The van der Waals surface area contributed by atoms with Gasteiger partial charge in [-0.3, -0.25) is 0 Å². The van der Waals surface area contributed by atoms with Gasteiger partial charge in [0.25, 0.3) is 0 Å². The van der Waals surface area contributed by atoms with Crippen molar-refractivity contribution in [1.82, 2.24) is 0 Å². The first-order chi connectivity index (χ1) is 9.22. The molecule has 102 valence electrons. The van der Waals surface area contributed by atoms with E-state index < -0.39 is 0 Å². The maximum Gasteiger partial charge on any atom is 0.0410 e. The second kappa shape index (κ2) is 4.41. The van der Waals surface area contributed by atoms with Gasteiger partial charge in [-0.05, 0) is 80.0 Å². The average molecular weight is 276 g/mol. The first kappa shape index (κ1) is 12.1. The number of nitrogens with one attached hydrogen (secondary N) is 1. The average Bonchev–Trinajstić information content (AvgIpc) is 3.04. The number of fused-ring (bicyclic) bond motifs is 5. The Bertz CT molecular complexity index is 498. The number of benzene rings is 1. The monoisotopic (exact) mass is 275 g/mol. The van der Waals surface area contributed by atoms with Gasteiger partial charge in [-0.2, -0.15) is 0 Å². The van der Waals surface area contributed by atoms with Gasteiger partial charge in [0.2, 0.25) is 0 Å². The van der Waals surface area contributed by atoms with Crippen LogP contribution >= 0.6 is 11.6 Å². The minimum atomic E-state index is 0.712. The van der Waals surface area contributed by atoms with Crippen LogP contribution in [0, 0.1) is 30.6 Å². The van der Waals surface area contributed by atoms with Crippen LogP contribution in [-0.2, 0) is 0 Å². The lowest BCUT2D eigenvalue weighted by Gasteiger charge is -2.33. The van der Waals surface area contributed by atoms with Gasteiger partial charge in [0.05, 0.1) is 0 Å². The number of anilines is 1. The molecular weight excluding hydrogens is 254 g/mol. The molecule has 0 spiro atoms. The standard InChI is InChI=1S/C17H22ClN/c1-10-7-12(18)5-6-16(10)19-17-9-11-8-15(17)14-4-2-3-13(11)14/h5-7,11,13-15,17,19H,2-4,8-9H2,1H3. The number of hydrogen-bond acceptors (Lipinski definition) is 1. The zero-order valence-electron chi connectivity index (χ0n) is 11.5. The maximum atomic E-state index is 6.04. The molecule has 1 aromatic carbocycles. The second-order valence-electron chi connectivity index (χ2n) is 6.86. The SMILES string of the molecule is Cc1cc(Cl)ccc1NC1CC2CC1C1CCCC21. The van der Waals surface area contributed by atoms with E-state index in [2.05, 4.69) is 24.4 Å². The van der Waals surface area contributed by atoms with Crippen LogP contribution in [0.2, 0.25) is 5.02 Å². The van der Waals surface area contributed by atoms with Gasteiger partial charge >= 0.3 is 0 Å². The third kappa shape index (κ3) is 1.89. The van der Waals surface area contributed by atoms with E-state index in [9.17, 15) is 0 Å². The van der Waals surface area contributed by atoms with Gasteiger partial charge in [-0.25, -0.2) is 0 Å². The normalized spacial score (nSPS) is 39.6. The van der Waals surface area contributed by atoms with Gasteiger partial charge in [0.15, 0.2) is 0 Å². The molecule has 1 aromatic rings. The molecule has 0 heterocycles. The minimum absolute atomic E-state index is 0.712. The molecule has 0 saturated heterocycles. The minimum Gasteiger partial charge on any atom is -0.382 e. The first-order valence-corrected chi connectivity index (χ1v) is 8.13. The van der Waals surface area contributed by atoms with Gasteiger partial charge in [0, 0.05) is 16.8 Å². The Morgan fingerprint density at radius 2 is 1.95 bits per heavy atom. The van der Waals surface area contributed by atoms with Crippen molar-refractivity contribution in [2.75, 3.05) is 5.32 Å². The molecule has 3 saturated carbocycles. The molecule has 5 unspecified atom stereocenters. The molecule has 3 aliphatic rings. The van der Waals surface area contributed by atoms with Crippen molar-refractivity contribution in [3.05, 3.63) is 28.8 Å². The van der Waals surface area contributed by atoms with Crippen molar-refractivity contribution in [1.29, 1.82) is 0 Å². The Morgan fingerprint density at radius 1 is 1.11 bits per heavy atom. The van der Waals surface area contributed by atoms with Crippen LogP contribution in [0.4, 0.5) is 5.69 Å². The fourth-order valence-electron chi connectivity index (χ4n) is 5.22. The Kier molecular flexibility index (Phi) is 2.80. The van der Waals surface area contributed by atoms with E-state index >= 15 is 0 Å². The lowest BCUT2D eigenvalue weighted by molar-refractivity contribution is 0.243. The fourth-order valence-corrected chi connectivity index (χ4v) is 5.45. The lowest BCUT2D eigenvalue weighted by Crippen LogP contribution is -2.34. The fraction of sp³-hybridized carbons (Fsp3) is 0.647. The molecule has 2 bridgehead atoms. The van der Waals surface area contributed by atoms with E-state index in [1.807, 2.05) is 6.07 Å². The van der Waals surface area contributed by atoms with E-state index in [4.69, 9.17) is 11.6 Å². The Balaban J connectivity index is 1.52. The summed E-state index contributed by atoms with van der Waals surface area (Å²) in [7, 11) is 0. The van der Waals surface area contributed by atoms with Crippen molar-refractivity contribution in [3.8, 4) is 0 Å². The summed E-state index contributed by atoms with van der Waals surface area (Å²) in [5.41, 5.74) is 2.56. The zero-order chi connectivity index (χ0) is 13.0. The highest BCUT2D eigenvalue weighted by Gasteiger charge is 2.53. The van der Waals surface area contributed by atoms with E-state index in [-0.39, 0.29) is 0 Å². The summed E-state index contributed by atoms with van der Waals surface area (Å²) in [6.45, 7) is 2.15. The summed E-state index contributed by atoms with van der Waals surface area (Å²) < 4.78 is 0. The number of halogens is 1. The maximum absolute atomic E-state index is 6.04. The molecule has 0 aliphatic heterocycles. The number of rotatable bonds is 2. The predicted octanol–water partition coefficient (Wildman–Crippen LogP) is 4.89. The second-order valence-corrected chi connectivity index (χ2v) is 7.30. The number of hydrogen-bond donors (Lipinski definition) is 1. The summed E-state index contributed by atoms with van der Waals surface area (Å²) in [5.74, 6) is 4.06. The number of aryl methyl sites for hydroxylation is 1. The van der Waals surface area contributed by atoms with Gasteiger partial charge in [0.1, 0.15) is 0 Å². The quantitative estimate of drug-likeness (QED) is 0.811. The van der Waals surface area contributed by atoms with Crippen LogP contribution in [0.3, 0.4) is 0 Å². The highest BCUT2D eigenvalue weighted by Crippen LogP contribution is 2.59. The zero-order valence-corrected chi connectivity index (χ0v) is 12.3. The Morgan fingerprint density at radius 3 is 2.79 bits per heavy atom. The van der Waals surface area contributed by atoms with E-state index in [1.54, 1.807) is 0 Å². The molecule has 5 atom stereocenters. The topological polar surface area (TPSA) is 12.0 Å². The first-order valence-electron chi connectivity index (χ1n) is 7.75. The van der Waals surface area contributed by atoms with E-state index in [1.165, 1.54) is 43.4 Å². The summed E-state index contributed by atoms with van der Waals surface area (Å²) in [6.07, 6.45) is 7.37. The highest BCUT2D eigenvalue weighted by atomic mass is 35.5. The summed E-state index contributed by atoms with van der Waals surface area (Å²) >= 11 is 6.04. The molecule has 19 heavy (non-hydrogen) atoms. The Hall–Kier alpha value is -0.690. The Labute approximate surface area is 120 Å². The van der Waals surface area contributed by atoms with Crippen molar-refractivity contribution in [2.24, 2.45) is 23.7 Å². The van der Waals surface area contributed by atoms with Crippen molar-refractivity contribution in [3.63, 3.8) is 0 Å². The van der Waals surface area contributed by atoms with Gasteiger partial charge < -0.3 is 5.32 Å². The van der Waals surface area contributed by atoms with Crippen molar-refractivity contribution >= 4 is 17.3 Å². The molecular formula is C17H22ClN. The van der Waals surface area contributed by atoms with Gasteiger partial charge in [-0.15, -0.1) is 0 Å². The van der Waals surface area contributed by atoms with Crippen LogP contribution in [0.1, 0.15) is 37.7 Å². The molecule has 3 fully saturated rings. The lowest BCUT2D eigenvalue weighted by atomic mass is 9.79. The predicted molar refractivity (Wildman–Crippen MR) is 80.6 cm³/mol. The highest BCUT2D eigenvalue weighted by molar-refractivity contribution is 6.30. The van der Waals surface area contributed by atoms with E-state index in [0.717, 1.165) is 28.7 Å². The largest absolute Gasteiger partial charge is 0.382 e. The molecule has 1 nitrogen and oxygen atoms in total. The summed E-state index contributed by atoms with van der Waals surface area (Å²) in [4.78, 5) is 0. The van der Waals surface area contributed by atoms with Crippen LogP contribution < -0.4 is 5.32 Å². The van der Waals surface area contributed by atoms with Crippen molar-refractivity contribution in [2.45, 2.75) is 45.1 Å². The molecule has 2 heteroatoms. The summed E-state index contributed by atoms with van der Waals surface area (Å²) in [5, 5.41) is 4.66. The smallest absolute Gasteiger partial charge is 0.0410 e. The molecule has 1 N–H and O–H groups in total. The van der Waals surface area contributed by atoms with E-state index in [0.29, 0.717) is 6.04 Å². The van der Waals surface area contributed by atoms with Crippen LogP contribution in [0.25, 0.3) is 0 Å². The molecule has 4 rings (SSSR count). The third-order valence-corrected chi connectivity index (χ3v) is 6.19. The van der Waals surface area contributed by atoms with Gasteiger partial charge in [-0.1, -0.05) is 18.0 Å².